The molecule has 0 bridgehead atoms. The van der Waals surface area contributed by atoms with E-state index in [4.69, 9.17) is 5.73 Å². The van der Waals surface area contributed by atoms with Crippen molar-refractivity contribution in [3.8, 4) is 0 Å². The molecule has 0 aromatic heterocycles. The van der Waals surface area contributed by atoms with Gasteiger partial charge in [-0.15, -0.1) is 0 Å². The summed E-state index contributed by atoms with van der Waals surface area (Å²) in [5.41, 5.74) is 11.0. The third kappa shape index (κ3) is 4.26. The molecule has 2 aliphatic rings. The van der Waals surface area contributed by atoms with E-state index < -0.39 is 0 Å². The minimum Gasteiger partial charge on any atom is -0.397 e. The molecule has 2 heterocycles. The minimum absolute atomic E-state index is 0.0167. The lowest BCUT2D eigenvalue weighted by Gasteiger charge is -2.45. The highest BCUT2D eigenvalue weighted by molar-refractivity contribution is 6.02. The Labute approximate surface area is 195 Å². The van der Waals surface area contributed by atoms with Crippen molar-refractivity contribution in [1.29, 1.82) is 0 Å². The highest BCUT2D eigenvalue weighted by atomic mass is 16.2. The summed E-state index contributed by atoms with van der Waals surface area (Å²) in [7, 11) is 0. The lowest BCUT2D eigenvalue weighted by molar-refractivity contribution is 0.0922. The van der Waals surface area contributed by atoms with Gasteiger partial charge in [0, 0.05) is 38.8 Å². The van der Waals surface area contributed by atoms with Crippen molar-refractivity contribution in [1.82, 2.24) is 10.2 Å². The fraction of sp³-hybridized carbons (Fsp3) is 0.296. The number of nitrogens with two attached hydrogens (primary N) is 1. The van der Waals surface area contributed by atoms with Gasteiger partial charge in [0.25, 0.3) is 5.91 Å². The van der Waals surface area contributed by atoms with Gasteiger partial charge in [0.05, 0.1) is 22.6 Å². The molecule has 5 rings (SSSR count). The number of benzene rings is 3. The summed E-state index contributed by atoms with van der Waals surface area (Å²) in [6.07, 6.45) is -0.186. The van der Waals surface area contributed by atoms with Gasteiger partial charge in [-0.1, -0.05) is 54.6 Å². The molecular formula is C27H31N5O. The zero-order valence-electron chi connectivity index (χ0n) is 19.0. The largest absolute Gasteiger partial charge is 0.397 e. The number of para-hydroxylation sites is 3. The van der Waals surface area contributed by atoms with Gasteiger partial charge < -0.3 is 20.9 Å². The summed E-state index contributed by atoms with van der Waals surface area (Å²) in [5, 5.41) is 3.24. The van der Waals surface area contributed by atoms with Gasteiger partial charge in [0.2, 0.25) is 0 Å². The second kappa shape index (κ2) is 9.16. The molecule has 1 saturated heterocycles. The molecule has 3 aromatic carbocycles. The number of carbonyl (C=O) groups excluding carboxylic acids is 1. The molecule has 2 atom stereocenters. The SMILES string of the molecule is CC(CN1CCN(c2ccccc2N)CC1)N1c2ccccc2C(=O)NC1c1ccccc1. The molecule has 2 unspecified atom stereocenters. The molecule has 0 saturated carbocycles. The zero-order chi connectivity index (χ0) is 22.8. The van der Waals surface area contributed by atoms with Crippen molar-refractivity contribution in [2.24, 2.45) is 0 Å². The Hall–Kier alpha value is -3.51. The normalized spacial score (nSPS) is 19.7. The van der Waals surface area contributed by atoms with Crippen LogP contribution < -0.4 is 20.9 Å². The predicted octanol–water partition coefficient (Wildman–Crippen LogP) is 3.73. The van der Waals surface area contributed by atoms with Crippen LogP contribution in [-0.4, -0.2) is 49.6 Å². The molecule has 1 fully saturated rings. The van der Waals surface area contributed by atoms with Crippen LogP contribution in [0.4, 0.5) is 17.1 Å². The number of piperazine rings is 1. The molecule has 6 nitrogen and oxygen atoms in total. The van der Waals surface area contributed by atoms with Crippen LogP contribution in [0.1, 0.15) is 29.0 Å². The van der Waals surface area contributed by atoms with Crippen LogP contribution >= 0.6 is 0 Å². The van der Waals surface area contributed by atoms with E-state index in [0.717, 1.165) is 60.9 Å². The van der Waals surface area contributed by atoms with Gasteiger partial charge in [0.15, 0.2) is 0 Å². The van der Waals surface area contributed by atoms with Crippen LogP contribution in [-0.2, 0) is 0 Å². The number of rotatable bonds is 5. The van der Waals surface area contributed by atoms with E-state index in [1.807, 2.05) is 54.6 Å². The first-order valence-electron chi connectivity index (χ1n) is 11.7. The van der Waals surface area contributed by atoms with Gasteiger partial charge in [-0.2, -0.15) is 0 Å². The van der Waals surface area contributed by atoms with Crippen molar-refractivity contribution in [3.63, 3.8) is 0 Å². The van der Waals surface area contributed by atoms with Crippen LogP contribution in [0.5, 0.6) is 0 Å². The smallest absolute Gasteiger partial charge is 0.255 e. The molecule has 3 aromatic rings. The summed E-state index contributed by atoms with van der Waals surface area (Å²) in [5.74, 6) is -0.0167. The number of fused-ring (bicyclic) bond motifs is 1. The number of anilines is 3. The molecule has 33 heavy (non-hydrogen) atoms. The fourth-order valence-electron chi connectivity index (χ4n) is 5.08. The van der Waals surface area contributed by atoms with Crippen LogP contribution in [0, 0.1) is 0 Å². The number of nitrogen functional groups attached to an aromatic ring is 1. The number of carbonyl (C=O) groups is 1. The molecule has 170 valence electrons. The number of nitrogens with zero attached hydrogens (tertiary/aromatic N) is 3. The maximum absolute atomic E-state index is 12.9. The fourth-order valence-corrected chi connectivity index (χ4v) is 5.08. The average molecular weight is 442 g/mol. The lowest BCUT2D eigenvalue weighted by atomic mass is 10.0. The monoisotopic (exact) mass is 441 g/mol. The van der Waals surface area contributed by atoms with E-state index in [1.54, 1.807) is 0 Å². The maximum Gasteiger partial charge on any atom is 0.255 e. The summed E-state index contributed by atoms with van der Waals surface area (Å²) in [4.78, 5) is 20.1. The third-order valence-corrected chi connectivity index (χ3v) is 6.74. The van der Waals surface area contributed by atoms with Crippen molar-refractivity contribution in [3.05, 3.63) is 90.0 Å². The van der Waals surface area contributed by atoms with Crippen LogP contribution in [0.25, 0.3) is 0 Å². The highest BCUT2D eigenvalue weighted by Gasteiger charge is 2.35. The number of amides is 1. The Balaban J connectivity index is 1.34. The maximum atomic E-state index is 12.9. The summed E-state index contributed by atoms with van der Waals surface area (Å²) in [6, 6.07) is 26.5. The van der Waals surface area contributed by atoms with Crippen LogP contribution in [0.15, 0.2) is 78.9 Å². The summed E-state index contributed by atoms with van der Waals surface area (Å²) in [6.45, 7) is 7.05. The van der Waals surface area contributed by atoms with Crippen LogP contribution in [0.3, 0.4) is 0 Å². The second-order valence-corrected chi connectivity index (χ2v) is 8.91. The Morgan fingerprint density at radius 1 is 0.879 bits per heavy atom. The van der Waals surface area contributed by atoms with Crippen molar-refractivity contribution in [2.75, 3.05) is 48.3 Å². The molecule has 2 aliphatic heterocycles. The Bertz CT molecular complexity index is 1110. The molecule has 0 spiro atoms. The first-order valence-corrected chi connectivity index (χ1v) is 11.7. The van der Waals surface area contributed by atoms with E-state index in [0.29, 0.717) is 0 Å². The molecule has 6 heteroatoms. The number of hydrogen-bond donors (Lipinski definition) is 2. The molecule has 0 aliphatic carbocycles. The van der Waals surface area contributed by atoms with E-state index in [1.165, 1.54) is 0 Å². The number of nitrogens with one attached hydrogen (secondary N) is 1. The lowest BCUT2D eigenvalue weighted by Crippen LogP contribution is -2.55. The Morgan fingerprint density at radius 3 is 2.24 bits per heavy atom. The molecular weight excluding hydrogens is 410 g/mol. The highest BCUT2D eigenvalue weighted by Crippen LogP contribution is 2.35. The Kier molecular flexibility index (Phi) is 5.92. The number of hydrogen-bond acceptors (Lipinski definition) is 5. The van der Waals surface area contributed by atoms with E-state index in [2.05, 4.69) is 51.2 Å². The van der Waals surface area contributed by atoms with Gasteiger partial charge >= 0.3 is 0 Å². The first-order chi connectivity index (χ1) is 16.1. The zero-order valence-corrected chi connectivity index (χ0v) is 19.0. The first kappa shape index (κ1) is 21.3. The molecule has 0 radical (unpaired) electrons. The molecule has 1 amide bonds. The standard InChI is InChI=1S/C27H31N5O/c1-20(19-30-15-17-31(18-16-30)25-14-8-6-12-23(25)28)32-24-13-7-5-11-22(24)27(33)29-26(32)21-9-3-2-4-10-21/h2-14,20,26H,15-19,28H2,1H3,(H,29,33). The average Bonchev–Trinajstić information content (AvgIpc) is 2.85. The Morgan fingerprint density at radius 2 is 1.52 bits per heavy atom. The minimum atomic E-state index is -0.186. The van der Waals surface area contributed by atoms with Crippen molar-refractivity contribution < 1.29 is 4.79 Å². The van der Waals surface area contributed by atoms with E-state index in [9.17, 15) is 4.79 Å². The second-order valence-electron chi connectivity index (χ2n) is 8.91. The van der Waals surface area contributed by atoms with E-state index >= 15 is 0 Å². The van der Waals surface area contributed by atoms with Gasteiger partial charge in [-0.25, -0.2) is 0 Å². The summed E-state index contributed by atoms with van der Waals surface area (Å²) < 4.78 is 0. The van der Waals surface area contributed by atoms with Gasteiger partial charge in [-0.05, 0) is 36.8 Å². The van der Waals surface area contributed by atoms with Gasteiger partial charge in [0.1, 0.15) is 6.17 Å². The van der Waals surface area contributed by atoms with Crippen molar-refractivity contribution >= 4 is 23.0 Å². The third-order valence-electron chi connectivity index (χ3n) is 6.74. The quantitative estimate of drug-likeness (QED) is 0.591. The van der Waals surface area contributed by atoms with Crippen LogP contribution in [0.2, 0.25) is 0 Å². The van der Waals surface area contributed by atoms with E-state index in [-0.39, 0.29) is 18.1 Å². The van der Waals surface area contributed by atoms with Crippen molar-refractivity contribution in [2.45, 2.75) is 19.1 Å². The molecule has 3 N–H and O–H groups in total. The van der Waals surface area contributed by atoms with Gasteiger partial charge in [-0.3, -0.25) is 9.69 Å². The topological polar surface area (TPSA) is 64.8 Å². The predicted molar refractivity (Wildman–Crippen MR) is 135 cm³/mol. The summed E-state index contributed by atoms with van der Waals surface area (Å²) >= 11 is 0.